The van der Waals surface area contributed by atoms with Crippen LogP contribution in [0.15, 0.2) is 24.3 Å². The molecule has 0 saturated carbocycles. The Morgan fingerprint density at radius 2 is 0.725 bits per heavy atom. The lowest BCUT2D eigenvalue weighted by molar-refractivity contribution is -0.883. The first-order valence-electron chi connectivity index (χ1n) is 31.6. The van der Waals surface area contributed by atoms with E-state index in [0.29, 0.717) is 67.0 Å². The number of carbonyl (C=O) groups is 6. The van der Waals surface area contributed by atoms with Crippen molar-refractivity contribution in [3.8, 4) is 0 Å². The fraction of sp³-hybridized carbons (Fsp3) is 0.844. The summed E-state index contributed by atoms with van der Waals surface area (Å²) in [6.07, 6.45) is 34.3. The molecule has 0 amide bonds. The topological polar surface area (TPSA) is 198 Å². The maximum Gasteiger partial charge on any atom is 0.362 e. The van der Waals surface area contributed by atoms with E-state index in [4.69, 9.17) is 28.4 Å². The Hall–Kier alpha value is -3.86. The summed E-state index contributed by atoms with van der Waals surface area (Å²) >= 11 is 0. The third-order valence-corrected chi connectivity index (χ3v) is 14.4. The molecule has 466 valence electrons. The van der Waals surface area contributed by atoms with Gasteiger partial charge in [0.2, 0.25) is 6.29 Å². The average Bonchev–Trinajstić information content (AvgIpc) is 3.37. The molecule has 0 aromatic rings. The van der Waals surface area contributed by atoms with Gasteiger partial charge in [0.15, 0.2) is 13.1 Å². The van der Waals surface area contributed by atoms with E-state index >= 15 is 0 Å². The minimum absolute atomic E-state index is 0.113. The normalized spacial score (nSPS) is 13.9. The monoisotopic (exact) mass is 1140 g/mol. The minimum atomic E-state index is -0.861. The second-order valence-corrected chi connectivity index (χ2v) is 23.6. The summed E-state index contributed by atoms with van der Waals surface area (Å²) in [4.78, 5) is 74.1. The number of carbonyl (C=O) groups excluding carboxylic acids is 6. The van der Waals surface area contributed by atoms with Gasteiger partial charge < -0.3 is 47.6 Å². The van der Waals surface area contributed by atoms with E-state index in [2.05, 4.69) is 32.9 Å². The number of allylic oxidation sites excluding steroid dienone is 2. The summed E-state index contributed by atoms with van der Waals surface area (Å²) in [5.74, 6) is -2.12. The molecule has 0 aliphatic heterocycles. The van der Waals surface area contributed by atoms with Crippen LogP contribution in [0.3, 0.4) is 0 Å². The number of aliphatic hydroxyl groups is 2. The molecule has 0 aromatic heterocycles. The highest BCUT2D eigenvalue weighted by atomic mass is 16.7. The van der Waals surface area contributed by atoms with E-state index in [9.17, 15) is 39.0 Å². The zero-order valence-corrected chi connectivity index (χ0v) is 52.2. The summed E-state index contributed by atoms with van der Waals surface area (Å²) in [7, 11) is 7.53. The Labute approximate surface area is 486 Å². The Morgan fingerprint density at radius 3 is 1.10 bits per heavy atom. The lowest BCUT2D eigenvalue weighted by atomic mass is 10.0. The van der Waals surface area contributed by atoms with E-state index in [1.807, 2.05) is 40.3 Å². The van der Waals surface area contributed by atoms with Crippen LogP contribution in [0.1, 0.15) is 253 Å². The maximum atomic E-state index is 13.0. The Kier molecular flexibility index (Phi) is 47.3. The molecule has 4 atom stereocenters. The molecule has 80 heavy (non-hydrogen) atoms. The molecule has 2 N–H and O–H groups in total. The molecule has 16 nitrogen and oxygen atoms in total. The Morgan fingerprint density at radius 1 is 0.400 bits per heavy atom. The van der Waals surface area contributed by atoms with Crippen LogP contribution >= 0.6 is 0 Å². The molecule has 0 aliphatic carbocycles. The summed E-state index contributed by atoms with van der Waals surface area (Å²) < 4.78 is 33.9. The lowest BCUT2D eigenvalue weighted by Gasteiger charge is -2.30. The van der Waals surface area contributed by atoms with Crippen LogP contribution in [0.5, 0.6) is 0 Å². The van der Waals surface area contributed by atoms with Gasteiger partial charge in [0.05, 0.1) is 40.4 Å². The van der Waals surface area contributed by atoms with Crippen LogP contribution in [0, 0.1) is 0 Å². The molecule has 0 rings (SSSR count). The lowest BCUT2D eigenvalue weighted by Crippen LogP contribution is -2.47. The van der Waals surface area contributed by atoms with Crippen molar-refractivity contribution in [2.45, 2.75) is 284 Å². The van der Waals surface area contributed by atoms with Gasteiger partial charge in [-0.3, -0.25) is 19.2 Å². The summed E-state index contributed by atoms with van der Waals surface area (Å²) in [6.45, 7) is 10.8. The number of hydrogen-bond donors (Lipinski definition) is 2. The number of likely N-dealkylation sites (N-methyl/N-ethyl adjacent to an activating group) is 2. The number of ether oxygens (including phenoxy) is 6. The summed E-state index contributed by atoms with van der Waals surface area (Å²) in [5.41, 5.74) is 0. The average molecular weight is 1140 g/mol. The van der Waals surface area contributed by atoms with Gasteiger partial charge in [0.1, 0.15) is 38.5 Å². The van der Waals surface area contributed by atoms with Crippen molar-refractivity contribution in [2.24, 2.45) is 0 Å². The molecule has 0 spiro atoms. The Balaban J connectivity index is 4.80. The standard InChI is InChI=1S/C64H118N2O14/c1-10-13-16-19-24-33-40-47-64(79-60(71)45-38-31-27-22-20-25-29-34-41-56(69)58(43-36-17-14-11-2)77-62(73)52-65(6,7)48-50-75-54(4)67)80-61(72)46-39-32-28-23-21-26-30-35-42-57(70)59(44-37-18-15-12-3)78-63(74)53-66(8,9)49-51-76-55(5)68/h29-30,34-35,56-59,64,69-70H,10-28,31-33,36-53H2,1-9H3/q+2. The highest BCUT2D eigenvalue weighted by Gasteiger charge is 2.29. The SMILES string of the molecule is CCCCCCCCCC(OC(=O)CCCCCCCC=CCC(O)C(CCCCCC)OC(=O)C[N+](C)(C)CCOC(C)=O)OC(=O)CCCCCCCC=CCC(O)C(CCCCCC)OC(=O)C[N+](C)(C)CCOC(C)=O. The Bertz CT molecular complexity index is 1560. The molecule has 0 fully saturated rings. The third kappa shape index (κ3) is 47.7. The number of esters is 6. The first-order chi connectivity index (χ1) is 38.2. The number of hydrogen-bond acceptors (Lipinski definition) is 14. The first kappa shape index (κ1) is 76.1. The van der Waals surface area contributed by atoms with E-state index in [1.165, 1.54) is 39.5 Å². The highest BCUT2D eigenvalue weighted by Crippen LogP contribution is 2.20. The van der Waals surface area contributed by atoms with E-state index in [-0.39, 0.29) is 75.0 Å². The van der Waals surface area contributed by atoms with Gasteiger partial charge >= 0.3 is 35.8 Å². The first-order valence-corrected chi connectivity index (χ1v) is 31.6. The zero-order valence-electron chi connectivity index (χ0n) is 52.2. The number of aliphatic hydroxyl groups excluding tert-OH is 2. The van der Waals surface area contributed by atoms with Crippen molar-refractivity contribution in [1.29, 1.82) is 0 Å². The quantitative estimate of drug-likeness (QED) is 0.0146. The van der Waals surface area contributed by atoms with Crippen LogP contribution in [-0.4, -0.2) is 153 Å². The van der Waals surface area contributed by atoms with Crippen LogP contribution in [0.25, 0.3) is 0 Å². The number of nitrogens with zero attached hydrogens (tertiary/aromatic N) is 2. The molecular weight excluding hydrogens is 1020 g/mol. The molecule has 0 aromatic carbocycles. The van der Waals surface area contributed by atoms with E-state index in [1.54, 1.807) is 0 Å². The van der Waals surface area contributed by atoms with Crippen molar-refractivity contribution in [2.75, 3.05) is 67.6 Å². The smallest absolute Gasteiger partial charge is 0.362 e. The van der Waals surface area contributed by atoms with Crippen molar-refractivity contribution < 1.29 is 76.4 Å². The fourth-order valence-corrected chi connectivity index (χ4v) is 9.30. The fourth-order valence-electron chi connectivity index (χ4n) is 9.30. The molecule has 0 aliphatic rings. The zero-order chi connectivity index (χ0) is 59.7. The van der Waals surface area contributed by atoms with Gasteiger partial charge in [0.25, 0.3) is 0 Å². The highest BCUT2D eigenvalue weighted by molar-refractivity contribution is 5.72. The van der Waals surface area contributed by atoms with Crippen LogP contribution in [0.2, 0.25) is 0 Å². The van der Waals surface area contributed by atoms with Crippen LogP contribution < -0.4 is 0 Å². The summed E-state index contributed by atoms with van der Waals surface area (Å²) in [5, 5.41) is 22.1. The van der Waals surface area contributed by atoms with Crippen molar-refractivity contribution in [3.05, 3.63) is 24.3 Å². The van der Waals surface area contributed by atoms with Gasteiger partial charge in [-0.05, 0) is 83.5 Å². The van der Waals surface area contributed by atoms with E-state index in [0.717, 1.165) is 135 Å². The third-order valence-electron chi connectivity index (χ3n) is 14.4. The van der Waals surface area contributed by atoms with E-state index < -0.39 is 30.7 Å². The maximum absolute atomic E-state index is 13.0. The number of unbranched alkanes of at least 4 members (excludes halogenated alkanes) is 22. The second kappa shape index (κ2) is 49.7. The molecule has 0 heterocycles. The molecule has 4 unspecified atom stereocenters. The molecular formula is C64H118N2O14+2. The minimum Gasteiger partial charge on any atom is -0.460 e. The van der Waals surface area contributed by atoms with Crippen LogP contribution in [0.4, 0.5) is 0 Å². The largest absolute Gasteiger partial charge is 0.460 e. The van der Waals surface area contributed by atoms with Gasteiger partial charge in [0, 0.05) is 33.1 Å². The van der Waals surface area contributed by atoms with Crippen LogP contribution in [-0.2, 0) is 57.2 Å². The predicted molar refractivity (Wildman–Crippen MR) is 317 cm³/mol. The molecule has 0 radical (unpaired) electrons. The molecule has 0 bridgehead atoms. The van der Waals surface area contributed by atoms with Crippen molar-refractivity contribution in [1.82, 2.24) is 0 Å². The predicted octanol–water partition coefficient (Wildman–Crippen LogP) is 12.7. The number of rotatable bonds is 54. The van der Waals surface area contributed by atoms with Gasteiger partial charge in [-0.2, -0.15) is 0 Å². The second-order valence-electron chi connectivity index (χ2n) is 23.6. The van der Waals surface area contributed by atoms with Gasteiger partial charge in [-0.15, -0.1) is 0 Å². The van der Waals surface area contributed by atoms with Gasteiger partial charge in [-0.25, -0.2) is 9.59 Å². The molecule has 0 saturated heterocycles. The van der Waals surface area contributed by atoms with Crippen molar-refractivity contribution in [3.63, 3.8) is 0 Å². The van der Waals surface area contributed by atoms with Crippen molar-refractivity contribution >= 4 is 35.8 Å². The summed E-state index contributed by atoms with van der Waals surface area (Å²) in [6, 6.07) is 0. The number of quaternary nitrogens is 2. The van der Waals surface area contributed by atoms with Gasteiger partial charge in [-0.1, -0.05) is 161 Å². The molecule has 16 heteroatoms.